The quantitative estimate of drug-likeness (QED) is 0.256. The van der Waals surface area contributed by atoms with Gasteiger partial charge < -0.3 is 14.2 Å². The standard InChI is InChI=1S/C29H30Cl2O4/c1-5-29(4,28(32)33-6-2)35-27-13-11-26(12-14-27)34-16-15-20(3)21-7-9-22(10-8-21)23-17-24(30)19-25(31)18-23/h7-15,17-19H,5-6,16H2,1-4H3. The summed E-state index contributed by atoms with van der Waals surface area (Å²) < 4.78 is 16.9. The van der Waals surface area contributed by atoms with Crippen molar-refractivity contribution < 1.29 is 19.0 Å². The van der Waals surface area contributed by atoms with Gasteiger partial charge in [0.2, 0.25) is 5.60 Å². The fourth-order valence-corrected chi connectivity index (χ4v) is 3.96. The van der Waals surface area contributed by atoms with Gasteiger partial charge in [-0.1, -0.05) is 54.4 Å². The molecule has 0 fully saturated rings. The van der Waals surface area contributed by atoms with Crippen molar-refractivity contribution >= 4 is 34.7 Å². The molecule has 0 bridgehead atoms. The minimum absolute atomic E-state index is 0.318. The van der Waals surface area contributed by atoms with E-state index >= 15 is 0 Å². The fourth-order valence-electron chi connectivity index (χ4n) is 3.43. The van der Waals surface area contributed by atoms with Crippen LogP contribution in [-0.2, 0) is 9.53 Å². The number of carbonyl (C=O) groups is 1. The summed E-state index contributed by atoms with van der Waals surface area (Å²) in [6.45, 7) is 8.20. The summed E-state index contributed by atoms with van der Waals surface area (Å²) in [4.78, 5) is 12.2. The lowest BCUT2D eigenvalue weighted by Crippen LogP contribution is -2.42. The van der Waals surface area contributed by atoms with Crippen LogP contribution in [-0.4, -0.2) is 24.8 Å². The molecular formula is C29H30Cl2O4. The van der Waals surface area contributed by atoms with E-state index in [9.17, 15) is 4.79 Å². The molecule has 1 unspecified atom stereocenters. The minimum Gasteiger partial charge on any atom is -0.490 e. The van der Waals surface area contributed by atoms with Crippen molar-refractivity contribution in [1.82, 2.24) is 0 Å². The van der Waals surface area contributed by atoms with Gasteiger partial charge >= 0.3 is 5.97 Å². The molecule has 4 nitrogen and oxygen atoms in total. The molecule has 0 heterocycles. The van der Waals surface area contributed by atoms with Crippen LogP contribution >= 0.6 is 23.2 Å². The van der Waals surface area contributed by atoms with E-state index in [1.54, 1.807) is 32.0 Å². The molecule has 0 radical (unpaired) electrons. The molecule has 0 spiro atoms. The zero-order valence-corrected chi connectivity index (χ0v) is 22.0. The van der Waals surface area contributed by atoms with Crippen LogP contribution in [0, 0.1) is 0 Å². The molecule has 35 heavy (non-hydrogen) atoms. The lowest BCUT2D eigenvalue weighted by Gasteiger charge is -2.27. The van der Waals surface area contributed by atoms with E-state index in [1.807, 2.05) is 44.2 Å². The van der Waals surface area contributed by atoms with Gasteiger partial charge in [0.15, 0.2) is 0 Å². The van der Waals surface area contributed by atoms with Gasteiger partial charge in [-0.3, -0.25) is 0 Å². The first-order chi connectivity index (χ1) is 16.7. The first kappa shape index (κ1) is 26.7. The van der Waals surface area contributed by atoms with Gasteiger partial charge in [0.05, 0.1) is 6.61 Å². The van der Waals surface area contributed by atoms with Crippen LogP contribution in [0.15, 0.2) is 72.8 Å². The number of hydrogen-bond acceptors (Lipinski definition) is 4. The molecule has 0 saturated heterocycles. The Labute approximate surface area is 217 Å². The summed E-state index contributed by atoms with van der Waals surface area (Å²) >= 11 is 12.2. The van der Waals surface area contributed by atoms with Gasteiger partial charge in [-0.05, 0) is 98.0 Å². The highest BCUT2D eigenvalue weighted by molar-refractivity contribution is 6.35. The van der Waals surface area contributed by atoms with Crippen LogP contribution in [0.2, 0.25) is 10.0 Å². The largest absolute Gasteiger partial charge is 0.490 e. The number of halogens is 2. The molecule has 0 N–H and O–H groups in total. The van der Waals surface area contributed by atoms with Gasteiger partial charge in [0.1, 0.15) is 18.1 Å². The van der Waals surface area contributed by atoms with Crippen LogP contribution in [0.1, 0.15) is 39.7 Å². The van der Waals surface area contributed by atoms with Crippen molar-refractivity contribution in [1.29, 1.82) is 0 Å². The second-order valence-electron chi connectivity index (χ2n) is 8.31. The molecule has 0 amide bonds. The third-order valence-electron chi connectivity index (χ3n) is 5.72. The number of carbonyl (C=O) groups excluding carboxylic acids is 1. The Hall–Kier alpha value is -2.95. The van der Waals surface area contributed by atoms with Gasteiger partial charge in [0, 0.05) is 10.0 Å². The molecule has 3 rings (SSSR count). The topological polar surface area (TPSA) is 44.8 Å². The van der Waals surface area contributed by atoms with Crippen LogP contribution in [0.4, 0.5) is 0 Å². The van der Waals surface area contributed by atoms with Crippen molar-refractivity contribution in [2.45, 2.75) is 39.7 Å². The van der Waals surface area contributed by atoms with E-state index in [4.69, 9.17) is 37.4 Å². The number of hydrogen-bond donors (Lipinski definition) is 0. The summed E-state index contributed by atoms with van der Waals surface area (Å²) in [6.07, 6.45) is 2.53. The molecule has 0 aliphatic rings. The molecular weight excluding hydrogens is 483 g/mol. The number of rotatable bonds is 10. The highest BCUT2D eigenvalue weighted by Gasteiger charge is 2.35. The van der Waals surface area contributed by atoms with Crippen molar-refractivity contribution in [3.05, 3.63) is 88.4 Å². The number of benzene rings is 3. The predicted octanol–water partition coefficient (Wildman–Crippen LogP) is 8.25. The highest BCUT2D eigenvalue weighted by atomic mass is 35.5. The van der Waals surface area contributed by atoms with E-state index in [2.05, 4.69) is 24.3 Å². The first-order valence-electron chi connectivity index (χ1n) is 11.6. The van der Waals surface area contributed by atoms with Gasteiger partial charge in [-0.2, -0.15) is 0 Å². The predicted molar refractivity (Wildman–Crippen MR) is 143 cm³/mol. The Morgan fingerprint density at radius 1 is 0.886 bits per heavy atom. The van der Waals surface area contributed by atoms with Gasteiger partial charge in [-0.25, -0.2) is 4.79 Å². The first-order valence-corrected chi connectivity index (χ1v) is 12.3. The maximum Gasteiger partial charge on any atom is 0.350 e. The molecule has 0 aliphatic carbocycles. The van der Waals surface area contributed by atoms with Crippen molar-refractivity contribution in [3.63, 3.8) is 0 Å². The zero-order valence-electron chi connectivity index (χ0n) is 20.4. The van der Waals surface area contributed by atoms with Crippen molar-refractivity contribution in [3.8, 4) is 22.6 Å². The Morgan fingerprint density at radius 3 is 2.06 bits per heavy atom. The van der Waals surface area contributed by atoms with E-state index < -0.39 is 5.60 Å². The Kier molecular flexibility index (Phi) is 9.25. The summed E-state index contributed by atoms with van der Waals surface area (Å²) in [5.74, 6) is 0.930. The highest BCUT2D eigenvalue weighted by Crippen LogP contribution is 2.29. The second-order valence-corrected chi connectivity index (χ2v) is 9.18. The van der Waals surface area contributed by atoms with Gasteiger partial charge in [0.25, 0.3) is 0 Å². The SMILES string of the molecule is CCOC(=O)C(C)(CC)Oc1ccc(OCC=C(C)c2ccc(-c3cc(Cl)cc(Cl)c3)cc2)cc1. The Bertz CT molecular complexity index is 1150. The average molecular weight is 513 g/mol. The minimum atomic E-state index is -1.02. The Morgan fingerprint density at radius 2 is 1.49 bits per heavy atom. The molecule has 0 aromatic heterocycles. The van der Waals surface area contributed by atoms with E-state index in [1.165, 1.54) is 0 Å². The van der Waals surface area contributed by atoms with Crippen LogP contribution in [0.25, 0.3) is 16.7 Å². The number of allylic oxidation sites excluding steroid dienone is 1. The number of ether oxygens (including phenoxy) is 3. The van der Waals surface area contributed by atoms with Crippen LogP contribution < -0.4 is 9.47 Å². The third kappa shape index (κ3) is 7.27. The molecule has 0 aliphatic heterocycles. The summed E-state index contributed by atoms with van der Waals surface area (Å²) in [5, 5.41) is 1.23. The molecule has 1 atom stereocenters. The van der Waals surface area contributed by atoms with Crippen LogP contribution in [0.3, 0.4) is 0 Å². The van der Waals surface area contributed by atoms with E-state index in [0.29, 0.717) is 41.2 Å². The normalized spacial score (nSPS) is 13.1. The molecule has 184 valence electrons. The van der Waals surface area contributed by atoms with E-state index in [0.717, 1.165) is 22.3 Å². The maximum atomic E-state index is 12.2. The Balaban J connectivity index is 1.58. The maximum absolute atomic E-state index is 12.2. The molecule has 0 saturated carbocycles. The average Bonchev–Trinajstić information content (AvgIpc) is 2.84. The van der Waals surface area contributed by atoms with Gasteiger partial charge in [-0.15, -0.1) is 0 Å². The molecule has 3 aromatic rings. The third-order valence-corrected chi connectivity index (χ3v) is 6.16. The van der Waals surface area contributed by atoms with Crippen molar-refractivity contribution in [2.75, 3.05) is 13.2 Å². The van der Waals surface area contributed by atoms with Crippen LogP contribution in [0.5, 0.6) is 11.5 Å². The summed E-state index contributed by atoms with van der Waals surface area (Å²) in [6, 6.07) is 21.0. The smallest absolute Gasteiger partial charge is 0.350 e. The fraction of sp³-hybridized carbons (Fsp3) is 0.276. The monoisotopic (exact) mass is 512 g/mol. The summed E-state index contributed by atoms with van der Waals surface area (Å²) in [7, 11) is 0. The molecule has 3 aromatic carbocycles. The van der Waals surface area contributed by atoms with Crippen molar-refractivity contribution in [2.24, 2.45) is 0 Å². The van der Waals surface area contributed by atoms with E-state index in [-0.39, 0.29) is 5.97 Å². The summed E-state index contributed by atoms with van der Waals surface area (Å²) in [5.41, 5.74) is 3.22. The second kappa shape index (κ2) is 12.1. The number of esters is 1. The lowest BCUT2D eigenvalue weighted by molar-refractivity contribution is -0.160. The molecule has 6 heteroatoms. The zero-order chi connectivity index (χ0) is 25.4. The lowest BCUT2D eigenvalue weighted by atomic mass is 10.0.